The molecule has 0 amide bonds. The molecular formula is C15H32N2. The van der Waals surface area contributed by atoms with Gasteiger partial charge in [0.2, 0.25) is 0 Å². The fraction of sp³-hybridized carbons (Fsp3) is 1.00. The molecule has 0 aliphatic heterocycles. The molecule has 1 saturated carbocycles. The third-order valence-electron chi connectivity index (χ3n) is 4.68. The zero-order valence-corrected chi connectivity index (χ0v) is 12.4. The highest BCUT2D eigenvalue weighted by atomic mass is 15.2. The summed E-state index contributed by atoms with van der Waals surface area (Å²) < 4.78 is 0. The minimum absolute atomic E-state index is 0.340. The third-order valence-corrected chi connectivity index (χ3v) is 4.68. The van der Waals surface area contributed by atoms with Crippen LogP contribution < -0.4 is 5.32 Å². The lowest BCUT2D eigenvalue weighted by molar-refractivity contribution is 0.151. The number of nitrogens with one attached hydrogen (secondary N) is 1. The van der Waals surface area contributed by atoms with Gasteiger partial charge in [0.15, 0.2) is 0 Å². The van der Waals surface area contributed by atoms with Crippen molar-refractivity contribution in [2.45, 2.75) is 64.8 Å². The molecule has 1 N–H and O–H groups in total. The normalized spacial score (nSPS) is 18.9. The SMILES string of the molecule is CCC(C)(C)N(C)CCNCC1CCCCC1. The van der Waals surface area contributed by atoms with Crippen molar-refractivity contribution in [1.29, 1.82) is 0 Å². The summed E-state index contributed by atoms with van der Waals surface area (Å²) in [6, 6.07) is 0. The highest BCUT2D eigenvalue weighted by Gasteiger charge is 2.20. The van der Waals surface area contributed by atoms with Gasteiger partial charge in [-0.25, -0.2) is 0 Å². The van der Waals surface area contributed by atoms with E-state index in [1.54, 1.807) is 0 Å². The molecule has 0 heterocycles. The fourth-order valence-electron chi connectivity index (χ4n) is 2.52. The van der Waals surface area contributed by atoms with Crippen LogP contribution in [0.3, 0.4) is 0 Å². The second kappa shape index (κ2) is 7.38. The Hall–Kier alpha value is -0.0800. The second-order valence-electron chi connectivity index (χ2n) is 6.30. The van der Waals surface area contributed by atoms with Gasteiger partial charge in [-0.1, -0.05) is 26.2 Å². The Morgan fingerprint density at radius 3 is 2.41 bits per heavy atom. The van der Waals surface area contributed by atoms with E-state index in [1.165, 1.54) is 45.1 Å². The van der Waals surface area contributed by atoms with Gasteiger partial charge in [-0.15, -0.1) is 0 Å². The van der Waals surface area contributed by atoms with Crippen LogP contribution in [-0.2, 0) is 0 Å². The number of rotatable bonds is 7. The summed E-state index contributed by atoms with van der Waals surface area (Å²) in [5.74, 6) is 0.952. The molecule has 1 fully saturated rings. The summed E-state index contributed by atoms with van der Waals surface area (Å²) in [7, 11) is 2.24. The van der Waals surface area contributed by atoms with E-state index in [0.29, 0.717) is 5.54 Å². The molecule has 2 nitrogen and oxygen atoms in total. The first-order valence-electron chi connectivity index (χ1n) is 7.48. The van der Waals surface area contributed by atoms with Crippen molar-refractivity contribution in [2.24, 2.45) is 5.92 Å². The molecule has 0 spiro atoms. The summed E-state index contributed by atoms with van der Waals surface area (Å²) in [4.78, 5) is 2.47. The molecule has 17 heavy (non-hydrogen) atoms. The number of likely N-dealkylation sites (N-methyl/N-ethyl adjacent to an activating group) is 1. The van der Waals surface area contributed by atoms with Gasteiger partial charge in [0, 0.05) is 18.6 Å². The van der Waals surface area contributed by atoms with Crippen LogP contribution in [-0.4, -0.2) is 37.1 Å². The maximum Gasteiger partial charge on any atom is 0.0148 e. The van der Waals surface area contributed by atoms with Crippen LogP contribution >= 0.6 is 0 Å². The quantitative estimate of drug-likeness (QED) is 0.687. The summed E-state index contributed by atoms with van der Waals surface area (Å²) in [5.41, 5.74) is 0.340. The predicted molar refractivity (Wildman–Crippen MR) is 76.4 cm³/mol. The van der Waals surface area contributed by atoms with Gasteiger partial charge < -0.3 is 5.32 Å². The minimum atomic E-state index is 0.340. The zero-order chi connectivity index (χ0) is 12.7. The molecule has 1 aliphatic carbocycles. The molecule has 0 aromatic heterocycles. The fourth-order valence-corrected chi connectivity index (χ4v) is 2.52. The maximum absolute atomic E-state index is 3.64. The topological polar surface area (TPSA) is 15.3 Å². The Morgan fingerprint density at radius 1 is 1.18 bits per heavy atom. The summed E-state index contributed by atoms with van der Waals surface area (Å²) in [6.45, 7) is 10.5. The van der Waals surface area contributed by atoms with Crippen molar-refractivity contribution in [3.05, 3.63) is 0 Å². The Kier molecular flexibility index (Phi) is 6.50. The van der Waals surface area contributed by atoms with Crippen LogP contribution in [0.4, 0.5) is 0 Å². The van der Waals surface area contributed by atoms with E-state index < -0.39 is 0 Å². The average molecular weight is 240 g/mol. The first-order chi connectivity index (χ1) is 8.06. The van der Waals surface area contributed by atoms with Gasteiger partial charge in [0.05, 0.1) is 0 Å². The van der Waals surface area contributed by atoms with Crippen molar-refractivity contribution in [2.75, 3.05) is 26.7 Å². The predicted octanol–water partition coefficient (Wildman–Crippen LogP) is 3.28. The van der Waals surface area contributed by atoms with Gasteiger partial charge in [-0.3, -0.25) is 4.90 Å². The largest absolute Gasteiger partial charge is 0.315 e. The molecule has 0 unspecified atom stereocenters. The number of hydrogen-bond donors (Lipinski definition) is 1. The Balaban J connectivity index is 2.07. The standard InChI is InChI=1S/C15H32N2/c1-5-15(2,3)17(4)12-11-16-13-14-9-7-6-8-10-14/h14,16H,5-13H2,1-4H3. The number of hydrogen-bond acceptors (Lipinski definition) is 2. The van der Waals surface area contributed by atoms with Crippen LogP contribution in [0.1, 0.15) is 59.3 Å². The Morgan fingerprint density at radius 2 is 1.82 bits per heavy atom. The van der Waals surface area contributed by atoms with Gasteiger partial charge >= 0.3 is 0 Å². The molecule has 0 atom stereocenters. The lowest BCUT2D eigenvalue weighted by Crippen LogP contribution is -2.44. The highest BCUT2D eigenvalue weighted by molar-refractivity contribution is 4.77. The van der Waals surface area contributed by atoms with Crippen molar-refractivity contribution >= 4 is 0 Å². The van der Waals surface area contributed by atoms with E-state index in [4.69, 9.17) is 0 Å². The van der Waals surface area contributed by atoms with Crippen LogP contribution in [0.15, 0.2) is 0 Å². The summed E-state index contributed by atoms with van der Waals surface area (Å²) in [6.07, 6.45) is 8.48. The van der Waals surface area contributed by atoms with Crippen LogP contribution in [0, 0.1) is 5.92 Å². The first-order valence-corrected chi connectivity index (χ1v) is 7.48. The third kappa shape index (κ3) is 5.39. The van der Waals surface area contributed by atoms with E-state index in [1.807, 2.05) is 0 Å². The monoisotopic (exact) mass is 240 g/mol. The Bertz CT molecular complexity index is 195. The van der Waals surface area contributed by atoms with E-state index in [0.717, 1.165) is 19.0 Å². The lowest BCUT2D eigenvalue weighted by atomic mass is 9.89. The van der Waals surface area contributed by atoms with E-state index in [9.17, 15) is 0 Å². The molecule has 0 bridgehead atoms. The Labute approximate surface area is 108 Å². The zero-order valence-electron chi connectivity index (χ0n) is 12.4. The average Bonchev–Trinajstić information content (AvgIpc) is 2.35. The second-order valence-corrected chi connectivity index (χ2v) is 6.30. The van der Waals surface area contributed by atoms with Gasteiger partial charge in [0.25, 0.3) is 0 Å². The van der Waals surface area contributed by atoms with E-state index in [-0.39, 0.29) is 0 Å². The van der Waals surface area contributed by atoms with Crippen LogP contribution in [0.2, 0.25) is 0 Å². The summed E-state index contributed by atoms with van der Waals surface area (Å²) >= 11 is 0. The van der Waals surface area contributed by atoms with E-state index >= 15 is 0 Å². The maximum atomic E-state index is 3.64. The summed E-state index contributed by atoms with van der Waals surface area (Å²) in [5, 5.41) is 3.64. The molecule has 2 heteroatoms. The van der Waals surface area contributed by atoms with Crippen LogP contribution in [0.5, 0.6) is 0 Å². The van der Waals surface area contributed by atoms with Gasteiger partial charge in [-0.2, -0.15) is 0 Å². The smallest absolute Gasteiger partial charge is 0.0148 e. The van der Waals surface area contributed by atoms with Crippen molar-refractivity contribution in [1.82, 2.24) is 10.2 Å². The number of nitrogens with zero attached hydrogens (tertiary/aromatic N) is 1. The van der Waals surface area contributed by atoms with E-state index in [2.05, 4.69) is 38.0 Å². The van der Waals surface area contributed by atoms with Crippen LogP contribution in [0.25, 0.3) is 0 Å². The van der Waals surface area contributed by atoms with Gasteiger partial charge in [0.1, 0.15) is 0 Å². The molecule has 0 aromatic carbocycles. The molecule has 1 aliphatic rings. The first kappa shape index (κ1) is 15.0. The van der Waals surface area contributed by atoms with Crippen molar-refractivity contribution in [3.63, 3.8) is 0 Å². The molecule has 0 saturated heterocycles. The molecule has 102 valence electrons. The lowest BCUT2D eigenvalue weighted by Gasteiger charge is -2.35. The van der Waals surface area contributed by atoms with Gasteiger partial charge in [-0.05, 0) is 52.6 Å². The molecule has 1 rings (SSSR count). The molecular weight excluding hydrogens is 208 g/mol. The minimum Gasteiger partial charge on any atom is -0.315 e. The molecule has 0 aromatic rings. The molecule has 0 radical (unpaired) electrons. The van der Waals surface area contributed by atoms with Crippen molar-refractivity contribution in [3.8, 4) is 0 Å². The highest BCUT2D eigenvalue weighted by Crippen LogP contribution is 2.22. The van der Waals surface area contributed by atoms with Crippen molar-refractivity contribution < 1.29 is 0 Å².